The standard InChI is InChI=1S/C21H15ClN2O3/c1-26-15-9-6-13(7-10-15)20(25)23-18-12-14(8-11-16(18)22)21-24-17-4-2-3-5-19(17)27-21/h2-12H,1H3,(H,23,25). The molecule has 0 aliphatic heterocycles. The van der Waals surface area contributed by atoms with Crippen LogP contribution in [0.1, 0.15) is 10.4 Å². The molecule has 0 spiro atoms. The molecule has 6 heteroatoms. The summed E-state index contributed by atoms with van der Waals surface area (Å²) in [5.41, 5.74) is 3.18. The second kappa shape index (κ2) is 7.13. The SMILES string of the molecule is COc1ccc(C(=O)Nc2cc(-c3nc4ccccc4o3)ccc2Cl)cc1. The maximum Gasteiger partial charge on any atom is 0.255 e. The number of hydrogen-bond donors (Lipinski definition) is 1. The molecule has 0 atom stereocenters. The van der Waals surface area contributed by atoms with Gasteiger partial charge in [0.25, 0.3) is 5.91 Å². The van der Waals surface area contributed by atoms with E-state index in [0.29, 0.717) is 33.5 Å². The minimum Gasteiger partial charge on any atom is -0.497 e. The van der Waals surface area contributed by atoms with Gasteiger partial charge < -0.3 is 14.5 Å². The molecule has 0 saturated carbocycles. The average molecular weight is 379 g/mol. The van der Waals surface area contributed by atoms with Gasteiger partial charge in [0.1, 0.15) is 11.3 Å². The van der Waals surface area contributed by atoms with Crippen LogP contribution < -0.4 is 10.1 Å². The number of para-hydroxylation sites is 2. The summed E-state index contributed by atoms with van der Waals surface area (Å²) in [6, 6.07) is 19.6. The Morgan fingerprint density at radius 2 is 1.85 bits per heavy atom. The van der Waals surface area contributed by atoms with Crippen LogP contribution in [0.3, 0.4) is 0 Å². The molecular formula is C21H15ClN2O3. The lowest BCUT2D eigenvalue weighted by Gasteiger charge is -2.09. The molecule has 4 rings (SSSR count). The third-order valence-corrected chi connectivity index (χ3v) is 4.44. The van der Waals surface area contributed by atoms with Crippen molar-refractivity contribution in [3.8, 4) is 17.2 Å². The van der Waals surface area contributed by atoms with Crippen LogP contribution in [-0.4, -0.2) is 18.0 Å². The summed E-state index contributed by atoms with van der Waals surface area (Å²) in [6.07, 6.45) is 0. The fourth-order valence-electron chi connectivity index (χ4n) is 2.69. The zero-order valence-electron chi connectivity index (χ0n) is 14.4. The summed E-state index contributed by atoms with van der Waals surface area (Å²) in [4.78, 5) is 17.0. The van der Waals surface area contributed by atoms with Gasteiger partial charge in [-0.3, -0.25) is 4.79 Å². The second-order valence-corrected chi connectivity index (χ2v) is 6.27. The van der Waals surface area contributed by atoms with E-state index < -0.39 is 0 Å². The van der Waals surface area contributed by atoms with E-state index in [9.17, 15) is 4.79 Å². The topological polar surface area (TPSA) is 64.4 Å². The summed E-state index contributed by atoms with van der Waals surface area (Å²) in [6.45, 7) is 0. The summed E-state index contributed by atoms with van der Waals surface area (Å²) in [5, 5.41) is 3.25. The molecule has 134 valence electrons. The van der Waals surface area contributed by atoms with Crippen molar-refractivity contribution < 1.29 is 13.9 Å². The molecule has 0 aliphatic carbocycles. The van der Waals surface area contributed by atoms with Crippen LogP contribution in [0.15, 0.2) is 71.1 Å². The molecule has 0 saturated heterocycles. The van der Waals surface area contributed by atoms with Crippen molar-refractivity contribution in [2.45, 2.75) is 0 Å². The first-order valence-corrected chi connectivity index (χ1v) is 8.63. The highest BCUT2D eigenvalue weighted by Gasteiger charge is 2.13. The number of halogens is 1. The number of fused-ring (bicyclic) bond motifs is 1. The number of benzene rings is 3. The minimum absolute atomic E-state index is 0.269. The molecule has 1 aromatic heterocycles. The number of carbonyl (C=O) groups excluding carboxylic acids is 1. The number of oxazole rings is 1. The number of nitrogens with zero attached hydrogens (tertiary/aromatic N) is 1. The Kier molecular flexibility index (Phi) is 4.52. The van der Waals surface area contributed by atoms with Gasteiger partial charge in [-0.15, -0.1) is 0 Å². The fourth-order valence-corrected chi connectivity index (χ4v) is 2.85. The molecule has 4 aromatic rings. The highest BCUT2D eigenvalue weighted by Crippen LogP contribution is 2.30. The van der Waals surface area contributed by atoms with Crippen molar-refractivity contribution in [1.29, 1.82) is 0 Å². The van der Waals surface area contributed by atoms with Crippen molar-refractivity contribution in [3.05, 3.63) is 77.3 Å². The Morgan fingerprint density at radius 3 is 2.59 bits per heavy atom. The molecule has 0 aliphatic rings. The van der Waals surface area contributed by atoms with E-state index in [1.165, 1.54) is 0 Å². The molecule has 3 aromatic carbocycles. The number of carbonyl (C=O) groups is 1. The van der Waals surface area contributed by atoms with Crippen molar-refractivity contribution in [3.63, 3.8) is 0 Å². The predicted octanol–water partition coefficient (Wildman–Crippen LogP) is 5.41. The molecule has 0 bridgehead atoms. The van der Waals surface area contributed by atoms with Crippen LogP contribution in [-0.2, 0) is 0 Å². The molecule has 1 heterocycles. The number of ether oxygens (including phenoxy) is 1. The van der Waals surface area contributed by atoms with E-state index in [1.807, 2.05) is 24.3 Å². The molecule has 1 amide bonds. The number of hydrogen-bond acceptors (Lipinski definition) is 4. The van der Waals surface area contributed by atoms with Gasteiger partial charge in [-0.25, -0.2) is 4.98 Å². The first-order valence-electron chi connectivity index (χ1n) is 8.25. The van der Waals surface area contributed by atoms with E-state index in [4.69, 9.17) is 20.8 Å². The number of nitrogens with one attached hydrogen (secondary N) is 1. The maximum atomic E-state index is 12.5. The monoisotopic (exact) mass is 378 g/mol. The largest absolute Gasteiger partial charge is 0.497 e. The highest BCUT2D eigenvalue weighted by atomic mass is 35.5. The first-order chi connectivity index (χ1) is 13.1. The minimum atomic E-state index is -0.269. The normalized spacial score (nSPS) is 10.7. The zero-order chi connectivity index (χ0) is 18.8. The Balaban J connectivity index is 1.62. The molecule has 0 unspecified atom stereocenters. The quantitative estimate of drug-likeness (QED) is 0.515. The van der Waals surface area contributed by atoms with E-state index in [1.54, 1.807) is 49.6 Å². The van der Waals surface area contributed by atoms with Crippen molar-refractivity contribution in [1.82, 2.24) is 4.98 Å². The Labute approximate surface area is 160 Å². The van der Waals surface area contributed by atoms with Crippen LogP contribution in [0.4, 0.5) is 5.69 Å². The Hall–Kier alpha value is -3.31. The van der Waals surface area contributed by atoms with E-state index in [2.05, 4.69) is 10.3 Å². The lowest BCUT2D eigenvalue weighted by Crippen LogP contribution is -2.12. The lowest BCUT2D eigenvalue weighted by atomic mass is 10.1. The third-order valence-electron chi connectivity index (χ3n) is 4.11. The van der Waals surface area contributed by atoms with E-state index in [0.717, 1.165) is 11.1 Å². The molecular weight excluding hydrogens is 364 g/mol. The smallest absolute Gasteiger partial charge is 0.255 e. The summed E-state index contributed by atoms with van der Waals surface area (Å²) < 4.78 is 10.9. The predicted molar refractivity (Wildman–Crippen MR) is 105 cm³/mol. The molecule has 1 N–H and O–H groups in total. The van der Waals surface area contributed by atoms with Crippen LogP contribution in [0.2, 0.25) is 5.02 Å². The number of amides is 1. The van der Waals surface area contributed by atoms with Crippen molar-refractivity contribution in [2.75, 3.05) is 12.4 Å². The summed E-state index contributed by atoms with van der Waals surface area (Å²) in [7, 11) is 1.58. The van der Waals surface area contributed by atoms with Crippen LogP contribution in [0, 0.1) is 0 Å². The molecule has 5 nitrogen and oxygen atoms in total. The average Bonchev–Trinajstić information content (AvgIpc) is 3.14. The molecule has 0 radical (unpaired) electrons. The lowest BCUT2D eigenvalue weighted by molar-refractivity contribution is 0.102. The highest BCUT2D eigenvalue weighted by molar-refractivity contribution is 6.34. The van der Waals surface area contributed by atoms with Gasteiger partial charge >= 0.3 is 0 Å². The van der Waals surface area contributed by atoms with Crippen LogP contribution in [0.25, 0.3) is 22.6 Å². The van der Waals surface area contributed by atoms with Gasteiger partial charge in [-0.1, -0.05) is 23.7 Å². The van der Waals surface area contributed by atoms with Gasteiger partial charge in [-0.05, 0) is 54.6 Å². The van der Waals surface area contributed by atoms with E-state index >= 15 is 0 Å². The van der Waals surface area contributed by atoms with Gasteiger partial charge in [0, 0.05) is 11.1 Å². The number of rotatable bonds is 4. The zero-order valence-corrected chi connectivity index (χ0v) is 15.2. The molecule has 0 fully saturated rings. The first kappa shape index (κ1) is 17.1. The van der Waals surface area contributed by atoms with Gasteiger partial charge in [0.05, 0.1) is 17.8 Å². The Morgan fingerprint density at radius 1 is 1.07 bits per heavy atom. The van der Waals surface area contributed by atoms with E-state index in [-0.39, 0.29) is 5.91 Å². The van der Waals surface area contributed by atoms with Crippen LogP contribution in [0.5, 0.6) is 5.75 Å². The number of anilines is 1. The van der Waals surface area contributed by atoms with Gasteiger partial charge in [0.2, 0.25) is 5.89 Å². The third kappa shape index (κ3) is 3.50. The number of aromatic nitrogens is 1. The second-order valence-electron chi connectivity index (χ2n) is 5.86. The van der Waals surface area contributed by atoms with Crippen molar-refractivity contribution in [2.24, 2.45) is 0 Å². The van der Waals surface area contributed by atoms with Gasteiger partial charge in [0.15, 0.2) is 5.58 Å². The molecule has 27 heavy (non-hydrogen) atoms. The summed E-state index contributed by atoms with van der Waals surface area (Å²) in [5.74, 6) is 0.879. The van der Waals surface area contributed by atoms with Crippen molar-refractivity contribution >= 4 is 34.3 Å². The number of methoxy groups -OCH3 is 1. The fraction of sp³-hybridized carbons (Fsp3) is 0.0476. The maximum absolute atomic E-state index is 12.5. The summed E-state index contributed by atoms with van der Waals surface area (Å²) >= 11 is 6.26. The Bertz CT molecular complexity index is 1090. The van der Waals surface area contributed by atoms with Gasteiger partial charge in [-0.2, -0.15) is 0 Å². The van der Waals surface area contributed by atoms with Crippen LogP contribution >= 0.6 is 11.6 Å².